The molecule has 0 bridgehead atoms. The number of carbonyl (C=O) groups is 3. The molecule has 3 aromatic rings. The number of hydrogen-bond acceptors (Lipinski definition) is 7. The lowest BCUT2D eigenvalue weighted by Gasteiger charge is -2.47. The van der Waals surface area contributed by atoms with Crippen molar-refractivity contribution in [2.75, 3.05) is 25.0 Å². The summed E-state index contributed by atoms with van der Waals surface area (Å²) in [6.45, 7) is 4.78. The number of halogens is 4. The number of H-pyrrole nitrogens is 1. The predicted octanol–water partition coefficient (Wildman–Crippen LogP) is 3.04. The minimum Gasteiger partial charge on any atom is -0.408 e. The van der Waals surface area contributed by atoms with Gasteiger partial charge in [-0.3, -0.25) is 24.3 Å². The van der Waals surface area contributed by atoms with Gasteiger partial charge >= 0.3 is 11.9 Å². The Morgan fingerprint density at radius 1 is 1.09 bits per heavy atom. The number of alkyl halides is 3. The first-order valence-electron chi connectivity index (χ1n) is 13.9. The van der Waals surface area contributed by atoms with Crippen LogP contribution in [0.2, 0.25) is 0 Å². The molecule has 0 radical (unpaired) electrons. The van der Waals surface area contributed by atoms with Crippen molar-refractivity contribution in [1.82, 2.24) is 20.1 Å². The summed E-state index contributed by atoms with van der Waals surface area (Å²) < 4.78 is 59.0. The van der Waals surface area contributed by atoms with E-state index in [1.165, 1.54) is 29.8 Å². The van der Waals surface area contributed by atoms with Gasteiger partial charge in [0.2, 0.25) is 11.8 Å². The van der Waals surface area contributed by atoms with Crippen molar-refractivity contribution < 1.29 is 41.5 Å². The van der Waals surface area contributed by atoms with Crippen LogP contribution in [-0.4, -0.2) is 75.2 Å². The van der Waals surface area contributed by atoms with Crippen LogP contribution in [0.1, 0.15) is 49.5 Å². The summed E-state index contributed by atoms with van der Waals surface area (Å²) in [7, 11) is 1.46. The SMILES string of the molecule is CC(C)[C@@H](NC(=O)c1cc(C(F)(F)F)ccc1F)C(=O)N1CCC2(CC1)C(=O)N(C)C(C)(O)N2c1ccc2oc(=O)[nH]c2c1. The fraction of sp³-hybridized carbons (Fsp3) is 0.448. The van der Waals surface area contributed by atoms with E-state index in [9.17, 15) is 41.8 Å². The van der Waals surface area contributed by atoms with Crippen molar-refractivity contribution in [1.29, 1.82) is 0 Å². The third kappa shape index (κ3) is 5.08. The van der Waals surface area contributed by atoms with E-state index in [4.69, 9.17) is 4.42 Å². The van der Waals surface area contributed by atoms with Crippen molar-refractivity contribution in [2.24, 2.45) is 5.92 Å². The fourth-order valence-electron chi connectivity index (χ4n) is 6.07. The molecular weight excluding hydrogens is 590 g/mol. The number of hydrogen-bond donors (Lipinski definition) is 3. The second-order valence-electron chi connectivity index (χ2n) is 11.6. The van der Waals surface area contributed by atoms with Crippen LogP contribution in [0.25, 0.3) is 11.1 Å². The number of nitrogens with one attached hydrogen (secondary N) is 2. The Hall–Kier alpha value is -4.40. The number of oxazole rings is 1. The molecule has 236 valence electrons. The molecule has 44 heavy (non-hydrogen) atoms. The van der Waals surface area contributed by atoms with Crippen LogP contribution in [0.5, 0.6) is 0 Å². The second-order valence-corrected chi connectivity index (χ2v) is 11.6. The van der Waals surface area contributed by atoms with E-state index in [1.807, 2.05) is 0 Å². The number of rotatable bonds is 5. The van der Waals surface area contributed by atoms with E-state index in [0.717, 1.165) is 0 Å². The van der Waals surface area contributed by atoms with E-state index in [1.54, 1.807) is 30.9 Å². The number of carbonyl (C=O) groups excluding carboxylic acids is 3. The third-order valence-electron chi connectivity index (χ3n) is 8.51. The highest BCUT2D eigenvalue weighted by Crippen LogP contribution is 2.46. The maximum atomic E-state index is 14.4. The minimum atomic E-state index is -4.80. The zero-order valence-corrected chi connectivity index (χ0v) is 24.3. The number of fused-ring (bicyclic) bond motifs is 1. The average Bonchev–Trinajstić information content (AvgIpc) is 3.39. The first kappa shape index (κ1) is 31.0. The van der Waals surface area contributed by atoms with Gasteiger partial charge in [0, 0.05) is 32.7 Å². The number of aromatic nitrogens is 1. The van der Waals surface area contributed by atoms with Crippen LogP contribution in [0.4, 0.5) is 23.2 Å². The third-order valence-corrected chi connectivity index (χ3v) is 8.51. The zero-order valence-electron chi connectivity index (χ0n) is 24.3. The molecule has 2 fully saturated rings. The number of benzene rings is 2. The monoisotopic (exact) mass is 621 g/mol. The molecule has 2 saturated heterocycles. The van der Waals surface area contributed by atoms with Crippen LogP contribution < -0.4 is 16.0 Å². The Kier molecular flexibility index (Phi) is 7.51. The van der Waals surface area contributed by atoms with E-state index < -0.39 is 64.0 Å². The van der Waals surface area contributed by atoms with E-state index in [0.29, 0.717) is 35.0 Å². The van der Waals surface area contributed by atoms with Crippen LogP contribution in [-0.2, 0) is 15.8 Å². The molecule has 3 N–H and O–H groups in total. The molecule has 5 rings (SSSR count). The molecular formula is C29H31F4N5O6. The van der Waals surface area contributed by atoms with Gasteiger partial charge in [-0.25, -0.2) is 9.18 Å². The van der Waals surface area contributed by atoms with Crippen molar-refractivity contribution >= 4 is 34.5 Å². The molecule has 11 nitrogen and oxygen atoms in total. The largest absolute Gasteiger partial charge is 0.417 e. The molecule has 0 aliphatic carbocycles. The lowest BCUT2D eigenvalue weighted by atomic mass is 9.84. The second kappa shape index (κ2) is 10.6. The summed E-state index contributed by atoms with van der Waals surface area (Å²) in [4.78, 5) is 58.6. The molecule has 1 aromatic heterocycles. The quantitative estimate of drug-likeness (QED) is 0.373. The number of likely N-dealkylation sites (tertiary alicyclic amines) is 1. The van der Waals surface area contributed by atoms with Gasteiger partial charge in [-0.2, -0.15) is 13.2 Å². The Balaban J connectivity index is 1.38. The van der Waals surface area contributed by atoms with Gasteiger partial charge in [0.25, 0.3) is 11.8 Å². The maximum absolute atomic E-state index is 14.4. The lowest BCUT2D eigenvalue weighted by molar-refractivity contribution is -0.143. The summed E-state index contributed by atoms with van der Waals surface area (Å²) in [5.41, 5.74) is -2.25. The first-order valence-corrected chi connectivity index (χ1v) is 13.9. The van der Waals surface area contributed by atoms with Crippen molar-refractivity contribution in [3.05, 3.63) is 63.9 Å². The van der Waals surface area contributed by atoms with E-state index in [-0.39, 0.29) is 31.8 Å². The fourth-order valence-corrected chi connectivity index (χ4v) is 6.07. The molecule has 3 heterocycles. The molecule has 1 unspecified atom stereocenters. The van der Waals surface area contributed by atoms with Crippen LogP contribution in [0.3, 0.4) is 0 Å². The Morgan fingerprint density at radius 3 is 2.36 bits per heavy atom. The van der Waals surface area contributed by atoms with E-state index >= 15 is 0 Å². The highest BCUT2D eigenvalue weighted by atomic mass is 19.4. The topological polar surface area (TPSA) is 139 Å². The van der Waals surface area contributed by atoms with E-state index in [2.05, 4.69) is 10.3 Å². The minimum absolute atomic E-state index is 0.0345. The maximum Gasteiger partial charge on any atom is 0.417 e. The van der Waals surface area contributed by atoms with Crippen molar-refractivity contribution in [3.8, 4) is 0 Å². The molecule has 2 aromatic carbocycles. The predicted molar refractivity (Wildman–Crippen MR) is 149 cm³/mol. The summed E-state index contributed by atoms with van der Waals surface area (Å²) in [5.74, 6) is -6.23. The van der Waals surface area contributed by atoms with Crippen molar-refractivity contribution in [3.63, 3.8) is 0 Å². The molecule has 2 atom stereocenters. The summed E-state index contributed by atoms with van der Waals surface area (Å²) in [5, 5.41) is 13.9. The highest BCUT2D eigenvalue weighted by molar-refractivity contribution is 5.99. The molecule has 3 amide bonds. The number of anilines is 1. The van der Waals surface area contributed by atoms with Gasteiger partial charge in [0.15, 0.2) is 5.58 Å². The Morgan fingerprint density at radius 2 is 1.75 bits per heavy atom. The average molecular weight is 622 g/mol. The number of nitrogens with zero attached hydrogens (tertiary/aromatic N) is 3. The standard InChI is InChI=1S/C29H31F4N5O6/c1-15(2)22(35-23(39)18-13-16(29(31,32)33)5-7-19(18)30)24(40)37-11-9-28(10-12-37)25(41)36(4)27(3,43)38(28)17-6-8-21-20(14-17)34-26(42)44-21/h5-8,13-15,22,43H,9-12H2,1-4H3,(H,34,42)(H,35,39)/t22-,27?/m1/s1. The number of amides is 3. The molecule has 0 saturated carbocycles. The van der Waals surface area contributed by atoms with Crippen LogP contribution in [0.15, 0.2) is 45.6 Å². The van der Waals surface area contributed by atoms with Gasteiger partial charge in [-0.05, 0) is 55.2 Å². The Bertz CT molecular complexity index is 1690. The van der Waals surface area contributed by atoms with Gasteiger partial charge < -0.3 is 24.6 Å². The van der Waals surface area contributed by atoms with Crippen LogP contribution >= 0.6 is 0 Å². The van der Waals surface area contributed by atoms with Crippen LogP contribution in [0, 0.1) is 11.7 Å². The molecule has 2 aliphatic heterocycles. The smallest absolute Gasteiger partial charge is 0.408 e. The molecule has 2 aliphatic rings. The number of aliphatic hydroxyl groups is 1. The summed E-state index contributed by atoms with van der Waals surface area (Å²) in [6, 6.07) is 5.00. The number of piperidine rings is 1. The molecule has 1 spiro atoms. The Labute approximate surface area is 248 Å². The van der Waals surface area contributed by atoms with Gasteiger partial charge in [0.05, 0.1) is 16.6 Å². The van der Waals surface area contributed by atoms with Gasteiger partial charge in [-0.15, -0.1) is 0 Å². The summed E-state index contributed by atoms with van der Waals surface area (Å²) >= 11 is 0. The van der Waals surface area contributed by atoms with Gasteiger partial charge in [0.1, 0.15) is 17.4 Å². The first-order chi connectivity index (χ1) is 20.5. The normalized spacial score (nSPS) is 21.0. The molecule has 15 heteroatoms. The van der Waals surface area contributed by atoms with Gasteiger partial charge in [-0.1, -0.05) is 13.8 Å². The lowest BCUT2D eigenvalue weighted by Crippen LogP contribution is -2.62. The zero-order chi connectivity index (χ0) is 32.4. The van der Waals surface area contributed by atoms with Crippen molar-refractivity contribution in [2.45, 2.75) is 57.2 Å². The highest BCUT2D eigenvalue weighted by Gasteiger charge is 2.62. The number of likely N-dealkylation sites (N-methyl/N-ethyl adjacent to an activating group) is 1. The number of aromatic amines is 1. The summed E-state index contributed by atoms with van der Waals surface area (Å²) in [6.07, 6.45) is -4.64.